The summed E-state index contributed by atoms with van der Waals surface area (Å²) in [6.45, 7) is 5.96. The van der Waals surface area contributed by atoms with Crippen molar-refractivity contribution in [3.05, 3.63) is 35.9 Å². The van der Waals surface area contributed by atoms with Gasteiger partial charge in [-0.15, -0.1) is 0 Å². The highest BCUT2D eigenvalue weighted by molar-refractivity contribution is 5.75. The van der Waals surface area contributed by atoms with Crippen LogP contribution in [0.1, 0.15) is 44.6 Å². The number of hydrogen-bond donors (Lipinski definition) is 2. The lowest BCUT2D eigenvalue weighted by Gasteiger charge is -2.39. The minimum absolute atomic E-state index is 0.00475. The maximum atomic E-state index is 12.8. The molecule has 0 radical (unpaired) electrons. The topological polar surface area (TPSA) is 61.8 Å². The number of rotatable bonds is 5. The molecule has 5 nitrogen and oxygen atoms in total. The van der Waals surface area contributed by atoms with Gasteiger partial charge in [0.15, 0.2) is 0 Å². The van der Waals surface area contributed by atoms with Crippen molar-refractivity contribution >= 4 is 6.03 Å². The van der Waals surface area contributed by atoms with Crippen molar-refractivity contribution in [1.29, 1.82) is 0 Å². The van der Waals surface area contributed by atoms with Crippen molar-refractivity contribution in [1.82, 2.24) is 10.2 Å². The summed E-state index contributed by atoms with van der Waals surface area (Å²) in [5.41, 5.74) is 0.831. The van der Waals surface area contributed by atoms with E-state index in [0.717, 1.165) is 24.8 Å². The Morgan fingerprint density at radius 1 is 1.36 bits per heavy atom. The van der Waals surface area contributed by atoms with Gasteiger partial charge in [-0.3, -0.25) is 0 Å². The second-order valence-corrected chi connectivity index (χ2v) is 7.90. The van der Waals surface area contributed by atoms with Crippen LogP contribution < -0.4 is 5.32 Å². The number of aliphatic hydroxyl groups is 1. The van der Waals surface area contributed by atoms with Crippen LogP contribution in [0.4, 0.5) is 4.79 Å². The van der Waals surface area contributed by atoms with Crippen molar-refractivity contribution in [2.75, 3.05) is 26.3 Å². The standard InChI is InChI=1S/C20H30N2O3/c1-20(2,14-23)16(15-7-4-3-5-8-15)13-21-19(24)22-11-12-25-18-10-6-9-17(18)22/h3-5,7-8,16-18,23H,6,9-14H2,1-2H3,(H,21,24)/t16-,17+,18-/m0/s1. The lowest BCUT2D eigenvalue weighted by atomic mass is 9.75. The summed E-state index contributed by atoms with van der Waals surface area (Å²) in [5, 5.41) is 12.9. The molecular formula is C20H30N2O3. The predicted octanol–water partition coefficient (Wildman–Crippen LogP) is 2.75. The molecule has 2 aliphatic rings. The van der Waals surface area contributed by atoms with Gasteiger partial charge in [0, 0.05) is 25.6 Å². The van der Waals surface area contributed by atoms with Gasteiger partial charge < -0.3 is 20.1 Å². The van der Waals surface area contributed by atoms with E-state index in [1.807, 2.05) is 36.9 Å². The first kappa shape index (κ1) is 18.2. The Labute approximate surface area is 150 Å². The Kier molecular flexibility index (Phi) is 5.64. The summed E-state index contributed by atoms with van der Waals surface area (Å²) in [5.74, 6) is 0.0584. The quantitative estimate of drug-likeness (QED) is 0.862. The van der Waals surface area contributed by atoms with E-state index in [2.05, 4.69) is 17.4 Å². The molecular weight excluding hydrogens is 316 g/mol. The number of fused-ring (bicyclic) bond motifs is 1. The van der Waals surface area contributed by atoms with Gasteiger partial charge in [0.2, 0.25) is 0 Å². The van der Waals surface area contributed by atoms with Crippen molar-refractivity contribution in [3.8, 4) is 0 Å². The van der Waals surface area contributed by atoms with E-state index in [4.69, 9.17) is 4.74 Å². The number of urea groups is 1. The number of hydrogen-bond acceptors (Lipinski definition) is 3. The summed E-state index contributed by atoms with van der Waals surface area (Å²) in [6, 6.07) is 10.3. The molecule has 25 heavy (non-hydrogen) atoms. The summed E-state index contributed by atoms with van der Waals surface area (Å²) in [4.78, 5) is 14.7. The molecule has 2 N–H and O–H groups in total. The molecule has 0 aromatic heterocycles. The number of nitrogens with zero attached hydrogens (tertiary/aromatic N) is 1. The fourth-order valence-electron chi connectivity index (χ4n) is 4.11. The molecule has 3 rings (SSSR count). The third-order valence-electron chi connectivity index (χ3n) is 5.75. The van der Waals surface area contributed by atoms with Gasteiger partial charge in [0.25, 0.3) is 0 Å². The first-order valence-corrected chi connectivity index (χ1v) is 9.35. The third kappa shape index (κ3) is 3.98. The average Bonchev–Trinajstić information content (AvgIpc) is 3.11. The smallest absolute Gasteiger partial charge is 0.317 e. The van der Waals surface area contributed by atoms with Crippen LogP contribution in [-0.2, 0) is 4.74 Å². The molecule has 1 aliphatic carbocycles. The molecule has 1 aliphatic heterocycles. The number of ether oxygens (including phenoxy) is 1. The lowest BCUT2D eigenvalue weighted by molar-refractivity contribution is -0.0384. The Hall–Kier alpha value is -1.59. The van der Waals surface area contributed by atoms with Gasteiger partial charge in [0.1, 0.15) is 0 Å². The van der Waals surface area contributed by atoms with E-state index >= 15 is 0 Å². The minimum Gasteiger partial charge on any atom is -0.396 e. The van der Waals surface area contributed by atoms with Crippen LogP contribution in [0.5, 0.6) is 0 Å². The highest BCUT2D eigenvalue weighted by Crippen LogP contribution is 2.35. The highest BCUT2D eigenvalue weighted by atomic mass is 16.5. The Morgan fingerprint density at radius 2 is 2.12 bits per heavy atom. The van der Waals surface area contributed by atoms with Crippen LogP contribution in [-0.4, -0.2) is 54.5 Å². The molecule has 0 unspecified atom stereocenters. The van der Waals surface area contributed by atoms with Crippen LogP contribution in [0, 0.1) is 5.41 Å². The third-order valence-corrected chi connectivity index (χ3v) is 5.75. The largest absolute Gasteiger partial charge is 0.396 e. The zero-order chi connectivity index (χ0) is 17.9. The first-order chi connectivity index (χ1) is 12.0. The summed E-state index contributed by atoms with van der Waals surface area (Å²) in [6.07, 6.45) is 3.42. The van der Waals surface area contributed by atoms with E-state index in [0.29, 0.717) is 19.7 Å². The molecule has 138 valence electrons. The molecule has 1 saturated carbocycles. The maximum Gasteiger partial charge on any atom is 0.317 e. The Bertz CT molecular complexity index is 576. The Morgan fingerprint density at radius 3 is 2.84 bits per heavy atom. The fourth-order valence-corrected chi connectivity index (χ4v) is 4.11. The van der Waals surface area contributed by atoms with E-state index < -0.39 is 0 Å². The number of benzene rings is 1. The molecule has 5 heteroatoms. The van der Waals surface area contributed by atoms with E-state index in [1.54, 1.807) is 0 Å². The number of carbonyl (C=O) groups excluding carboxylic acids is 1. The lowest BCUT2D eigenvalue weighted by Crippen LogP contribution is -2.55. The molecule has 3 atom stereocenters. The number of carbonyl (C=O) groups is 1. The molecule has 1 aromatic carbocycles. The van der Waals surface area contributed by atoms with E-state index in [-0.39, 0.29) is 36.1 Å². The molecule has 2 fully saturated rings. The zero-order valence-electron chi connectivity index (χ0n) is 15.3. The molecule has 1 heterocycles. The monoisotopic (exact) mass is 346 g/mol. The van der Waals surface area contributed by atoms with Crippen molar-refractivity contribution in [3.63, 3.8) is 0 Å². The summed E-state index contributed by atoms with van der Waals surface area (Å²) in [7, 11) is 0. The molecule has 0 bridgehead atoms. The molecule has 1 aromatic rings. The van der Waals surface area contributed by atoms with Crippen LogP contribution in [0.15, 0.2) is 30.3 Å². The van der Waals surface area contributed by atoms with Gasteiger partial charge in [-0.05, 0) is 30.2 Å². The first-order valence-electron chi connectivity index (χ1n) is 9.35. The second kappa shape index (κ2) is 7.75. The predicted molar refractivity (Wildman–Crippen MR) is 97.5 cm³/mol. The van der Waals surface area contributed by atoms with Gasteiger partial charge >= 0.3 is 6.03 Å². The minimum atomic E-state index is -0.310. The van der Waals surface area contributed by atoms with E-state index in [1.165, 1.54) is 0 Å². The van der Waals surface area contributed by atoms with Crippen LogP contribution in [0.25, 0.3) is 0 Å². The molecule has 2 amide bonds. The van der Waals surface area contributed by atoms with Gasteiger partial charge in [-0.25, -0.2) is 4.79 Å². The zero-order valence-corrected chi connectivity index (χ0v) is 15.3. The molecule has 1 saturated heterocycles. The van der Waals surface area contributed by atoms with Gasteiger partial charge in [-0.1, -0.05) is 44.2 Å². The second-order valence-electron chi connectivity index (χ2n) is 7.90. The Balaban J connectivity index is 1.67. The summed E-state index contributed by atoms with van der Waals surface area (Å²) < 4.78 is 5.79. The van der Waals surface area contributed by atoms with Crippen LogP contribution in [0.3, 0.4) is 0 Å². The highest BCUT2D eigenvalue weighted by Gasteiger charge is 2.39. The van der Waals surface area contributed by atoms with Crippen molar-refractivity contribution in [2.45, 2.75) is 51.2 Å². The van der Waals surface area contributed by atoms with Crippen LogP contribution in [0.2, 0.25) is 0 Å². The normalized spacial score (nSPS) is 24.7. The number of nitrogens with one attached hydrogen (secondary N) is 1. The maximum absolute atomic E-state index is 12.8. The van der Waals surface area contributed by atoms with Gasteiger partial charge in [0.05, 0.1) is 18.8 Å². The van der Waals surface area contributed by atoms with Crippen molar-refractivity contribution < 1.29 is 14.6 Å². The molecule has 0 spiro atoms. The van der Waals surface area contributed by atoms with E-state index in [9.17, 15) is 9.90 Å². The number of aliphatic hydroxyl groups excluding tert-OH is 1. The SMILES string of the molecule is CC(C)(CO)[C@@H](CNC(=O)N1CCO[C@H]2CCC[C@H]21)c1ccccc1. The van der Waals surface area contributed by atoms with Crippen LogP contribution >= 0.6 is 0 Å². The van der Waals surface area contributed by atoms with Gasteiger partial charge in [-0.2, -0.15) is 0 Å². The average molecular weight is 346 g/mol. The number of morpholine rings is 1. The fraction of sp³-hybridized carbons (Fsp3) is 0.650. The number of amides is 2. The van der Waals surface area contributed by atoms with Crippen molar-refractivity contribution in [2.24, 2.45) is 5.41 Å². The summed E-state index contributed by atoms with van der Waals surface area (Å²) >= 11 is 0.